The molecule has 0 aliphatic carbocycles. The number of benzene rings is 1. The van der Waals surface area contributed by atoms with Crippen molar-refractivity contribution in [3.63, 3.8) is 0 Å². The van der Waals surface area contributed by atoms with E-state index in [1.54, 1.807) is 45.9 Å². The van der Waals surface area contributed by atoms with Crippen LogP contribution in [0.15, 0.2) is 24.3 Å². The maximum Gasteiger partial charge on any atom is 0.415 e. The van der Waals surface area contributed by atoms with Crippen LogP contribution in [0.4, 0.5) is 10.5 Å². The fourth-order valence-corrected chi connectivity index (χ4v) is 1.74. The fourth-order valence-electron chi connectivity index (χ4n) is 1.74. The highest BCUT2D eigenvalue weighted by Gasteiger charge is 2.28. The van der Waals surface area contributed by atoms with Gasteiger partial charge in [0.05, 0.1) is 5.69 Å². The van der Waals surface area contributed by atoms with Crippen molar-refractivity contribution >= 4 is 18.1 Å². The fraction of sp³-hybridized carbons (Fsp3) is 0.467. The Morgan fingerprint density at radius 1 is 1.40 bits per heavy atom. The highest BCUT2D eigenvalue weighted by molar-refractivity contribution is 5.90. The molecule has 0 aliphatic rings. The van der Waals surface area contributed by atoms with E-state index in [9.17, 15) is 14.7 Å². The van der Waals surface area contributed by atoms with E-state index in [2.05, 4.69) is 0 Å². The van der Waals surface area contributed by atoms with Crippen LogP contribution in [0.5, 0.6) is 5.75 Å². The summed E-state index contributed by atoms with van der Waals surface area (Å²) in [5.41, 5.74) is -0.322. The average Bonchev–Trinajstić information content (AvgIpc) is 2.30. The maximum atomic E-state index is 12.3. The summed E-state index contributed by atoms with van der Waals surface area (Å²) in [6.45, 7) is 7.01. The van der Waals surface area contributed by atoms with Crippen LogP contribution < -0.4 is 4.90 Å². The molecule has 0 fully saturated rings. The lowest BCUT2D eigenvalue weighted by atomic mass is 10.1. The molecule has 0 heterocycles. The number of phenolic OH excluding ortho intramolecular Hbond substituents is 1. The summed E-state index contributed by atoms with van der Waals surface area (Å²) < 4.78 is 5.34. The van der Waals surface area contributed by atoms with E-state index in [-0.39, 0.29) is 12.2 Å². The van der Waals surface area contributed by atoms with Crippen molar-refractivity contribution in [3.8, 4) is 5.75 Å². The normalized spacial score (nSPS) is 12.6. The summed E-state index contributed by atoms with van der Waals surface area (Å²) in [5, 5.41) is 9.91. The molecule has 0 saturated heterocycles. The third kappa shape index (κ3) is 4.26. The Labute approximate surface area is 119 Å². The second-order valence-corrected chi connectivity index (χ2v) is 5.59. The Bertz CT molecular complexity index is 479. The number of carbonyl (C=O) groups is 2. The maximum absolute atomic E-state index is 12.3. The predicted octanol–water partition coefficient (Wildman–Crippen LogP) is 3.11. The van der Waals surface area contributed by atoms with Crippen molar-refractivity contribution < 1.29 is 19.4 Å². The number of ether oxygens (including phenoxy) is 1. The van der Waals surface area contributed by atoms with Gasteiger partial charge < -0.3 is 14.6 Å². The minimum Gasteiger partial charge on any atom is -0.506 e. The number of phenols is 1. The second kappa shape index (κ2) is 6.41. The molecule has 0 radical (unpaired) electrons. The van der Waals surface area contributed by atoms with Crippen molar-refractivity contribution in [2.45, 2.75) is 45.8 Å². The van der Waals surface area contributed by atoms with Crippen molar-refractivity contribution in [3.05, 3.63) is 24.3 Å². The van der Waals surface area contributed by atoms with E-state index in [0.717, 1.165) is 6.29 Å². The van der Waals surface area contributed by atoms with Crippen LogP contribution in [0.1, 0.15) is 34.1 Å². The van der Waals surface area contributed by atoms with E-state index < -0.39 is 17.7 Å². The first kappa shape index (κ1) is 16.0. The first-order valence-corrected chi connectivity index (χ1v) is 6.50. The van der Waals surface area contributed by atoms with Gasteiger partial charge in [-0.15, -0.1) is 0 Å². The Balaban J connectivity index is 3.12. The minimum absolute atomic E-state index is 0.0314. The zero-order valence-electron chi connectivity index (χ0n) is 12.3. The van der Waals surface area contributed by atoms with Gasteiger partial charge in [-0.25, -0.2) is 4.79 Å². The standard InChI is InChI=1S/C15H21NO4/c1-11(9-10-17)16(14(19)20-15(2,3)4)12-7-5-6-8-13(12)18/h5-8,10-11,18H,9H2,1-4H3. The largest absolute Gasteiger partial charge is 0.506 e. The summed E-state index contributed by atoms with van der Waals surface area (Å²) in [4.78, 5) is 24.3. The molecule has 1 aromatic rings. The monoisotopic (exact) mass is 279 g/mol. The molecule has 1 N–H and O–H groups in total. The molecule has 20 heavy (non-hydrogen) atoms. The van der Waals surface area contributed by atoms with Crippen molar-refractivity contribution in [1.82, 2.24) is 0 Å². The molecule has 1 aromatic carbocycles. The number of hydrogen-bond donors (Lipinski definition) is 1. The minimum atomic E-state index is -0.652. The lowest BCUT2D eigenvalue weighted by molar-refractivity contribution is -0.108. The zero-order valence-corrected chi connectivity index (χ0v) is 12.3. The van der Waals surface area contributed by atoms with Crippen LogP contribution in [-0.4, -0.2) is 29.1 Å². The molecule has 0 aromatic heterocycles. The van der Waals surface area contributed by atoms with Crippen LogP contribution in [0.25, 0.3) is 0 Å². The van der Waals surface area contributed by atoms with Gasteiger partial charge in [0, 0.05) is 12.5 Å². The Morgan fingerprint density at radius 2 is 2.00 bits per heavy atom. The van der Waals surface area contributed by atoms with Gasteiger partial charge in [-0.2, -0.15) is 0 Å². The predicted molar refractivity (Wildman–Crippen MR) is 77.0 cm³/mol. The second-order valence-electron chi connectivity index (χ2n) is 5.59. The molecule has 5 nitrogen and oxygen atoms in total. The van der Waals surface area contributed by atoms with Crippen molar-refractivity contribution in [2.75, 3.05) is 4.90 Å². The number of hydrogen-bond acceptors (Lipinski definition) is 4. The van der Waals surface area contributed by atoms with Crippen LogP contribution in [0.3, 0.4) is 0 Å². The smallest absolute Gasteiger partial charge is 0.415 e. The molecule has 1 atom stereocenters. The number of amides is 1. The molecular formula is C15H21NO4. The molecule has 110 valence electrons. The molecule has 0 bridgehead atoms. The number of carbonyl (C=O) groups excluding carboxylic acids is 2. The van der Waals surface area contributed by atoms with Crippen LogP contribution in [-0.2, 0) is 9.53 Å². The SMILES string of the molecule is CC(CC=O)N(C(=O)OC(C)(C)C)c1ccccc1O. The van der Waals surface area contributed by atoms with E-state index in [1.165, 1.54) is 11.0 Å². The van der Waals surface area contributed by atoms with Gasteiger partial charge in [0.25, 0.3) is 0 Å². The van der Waals surface area contributed by atoms with Crippen molar-refractivity contribution in [2.24, 2.45) is 0 Å². The van der Waals surface area contributed by atoms with Gasteiger partial charge >= 0.3 is 6.09 Å². The molecule has 0 spiro atoms. The number of nitrogens with zero attached hydrogens (tertiary/aromatic N) is 1. The molecule has 1 amide bonds. The Kier molecular flexibility index (Phi) is 5.13. The summed E-state index contributed by atoms with van der Waals surface area (Å²) in [7, 11) is 0. The lowest BCUT2D eigenvalue weighted by Crippen LogP contribution is -2.42. The summed E-state index contributed by atoms with van der Waals surface area (Å²) >= 11 is 0. The topological polar surface area (TPSA) is 66.8 Å². The van der Waals surface area contributed by atoms with E-state index in [0.29, 0.717) is 5.69 Å². The third-order valence-electron chi connectivity index (χ3n) is 2.61. The molecule has 0 aliphatic heterocycles. The van der Waals surface area contributed by atoms with Gasteiger partial charge in [-0.3, -0.25) is 4.90 Å². The number of aromatic hydroxyl groups is 1. The first-order chi connectivity index (χ1) is 9.26. The zero-order chi connectivity index (χ0) is 15.3. The Hall–Kier alpha value is -2.04. The molecule has 5 heteroatoms. The highest BCUT2D eigenvalue weighted by Crippen LogP contribution is 2.30. The van der Waals surface area contributed by atoms with Gasteiger partial charge in [0.1, 0.15) is 17.6 Å². The lowest BCUT2D eigenvalue weighted by Gasteiger charge is -2.31. The third-order valence-corrected chi connectivity index (χ3v) is 2.61. The summed E-state index contributed by atoms with van der Waals surface area (Å²) in [5.74, 6) is -0.0314. The van der Waals surface area contributed by atoms with Gasteiger partial charge in [0.15, 0.2) is 0 Å². The van der Waals surface area contributed by atoms with Crippen LogP contribution in [0.2, 0.25) is 0 Å². The van der Waals surface area contributed by atoms with E-state index >= 15 is 0 Å². The number of rotatable bonds is 4. The van der Waals surface area contributed by atoms with Gasteiger partial charge in [0.2, 0.25) is 0 Å². The van der Waals surface area contributed by atoms with Crippen LogP contribution in [0, 0.1) is 0 Å². The average molecular weight is 279 g/mol. The van der Waals surface area contributed by atoms with E-state index in [4.69, 9.17) is 4.74 Å². The molecular weight excluding hydrogens is 258 g/mol. The number of para-hydroxylation sites is 2. The van der Waals surface area contributed by atoms with Gasteiger partial charge in [-0.05, 0) is 39.8 Å². The molecule has 1 rings (SSSR count). The number of aldehydes is 1. The first-order valence-electron chi connectivity index (χ1n) is 6.50. The van der Waals surface area contributed by atoms with Gasteiger partial charge in [-0.1, -0.05) is 12.1 Å². The summed E-state index contributed by atoms with van der Waals surface area (Å²) in [6, 6.07) is 6.06. The highest BCUT2D eigenvalue weighted by atomic mass is 16.6. The Morgan fingerprint density at radius 3 is 2.50 bits per heavy atom. The molecule has 1 unspecified atom stereocenters. The quantitative estimate of drug-likeness (QED) is 0.860. The van der Waals surface area contributed by atoms with E-state index in [1.807, 2.05) is 0 Å². The van der Waals surface area contributed by atoms with Crippen LogP contribution >= 0.6 is 0 Å². The van der Waals surface area contributed by atoms with Crippen molar-refractivity contribution in [1.29, 1.82) is 0 Å². The molecule has 0 saturated carbocycles. The number of anilines is 1. The summed E-state index contributed by atoms with van der Waals surface area (Å²) in [6.07, 6.45) is 0.309.